The van der Waals surface area contributed by atoms with Crippen LogP contribution in [0.1, 0.15) is 5.82 Å². The van der Waals surface area contributed by atoms with Gasteiger partial charge in [-0.15, -0.1) is 0 Å². The van der Waals surface area contributed by atoms with E-state index in [1.165, 1.54) is 0 Å². The Morgan fingerprint density at radius 3 is 3.07 bits per heavy atom. The molecule has 84 valence electrons. The van der Waals surface area contributed by atoms with E-state index in [1.807, 2.05) is 11.5 Å². The summed E-state index contributed by atoms with van der Waals surface area (Å²) in [6, 6.07) is 0. The fourth-order valence-electron chi connectivity index (χ4n) is 1.79. The first-order valence-electron chi connectivity index (χ1n) is 5.09. The maximum Gasteiger partial charge on any atom is 0.195 e. The van der Waals surface area contributed by atoms with E-state index in [0.29, 0.717) is 4.77 Å². The van der Waals surface area contributed by atoms with Gasteiger partial charge in [0.2, 0.25) is 0 Å². The van der Waals surface area contributed by atoms with Crippen molar-refractivity contribution in [2.45, 2.75) is 19.6 Å². The quantitative estimate of drug-likeness (QED) is 0.752. The second kappa shape index (κ2) is 4.42. The fourth-order valence-corrected chi connectivity index (χ4v) is 2.04. The highest BCUT2D eigenvalue weighted by atomic mass is 32.1. The van der Waals surface area contributed by atoms with Gasteiger partial charge in [0, 0.05) is 13.1 Å². The van der Waals surface area contributed by atoms with E-state index in [-0.39, 0.29) is 6.10 Å². The average Bonchev–Trinajstić information content (AvgIpc) is 2.50. The Balaban J connectivity index is 2.05. The summed E-state index contributed by atoms with van der Waals surface area (Å²) in [6.45, 7) is 5.48. The van der Waals surface area contributed by atoms with Crippen molar-refractivity contribution >= 4 is 12.2 Å². The SMILES string of the molecule is Cc1n[nH]c(=S)n1CC1CN(C)CCO1. The number of morpholine rings is 1. The molecule has 1 saturated heterocycles. The Morgan fingerprint density at radius 1 is 1.67 bits per heavy atom. The maximum atomic E-state index is 5.68. The van der Waals surface area contributed by atoms with Gasteiger partial charge in [-0.1, -0.05) is 0 Å². The number of nitrogens with zero attached hydrogens (tertiary/aromatic N) is 3. The van der Waals surface area contributed by atoms with Crippen LogP contribution in [-0.4, -0.2) is 52.5 Å². The van der Waals surface area contributed by atoms with Gasteiger partial charge in [0.25, 0.3) is 0 Å². The summed E-state index contributed by atoms with van der Waals surface area (Å²) in [6.07, 6.45) is 0.215. The molecule has 0 bridgehead atoms. The molecule has 0 spiro atoms. The number of aromatic nitrogens is 3. The molecular formula is C9H16N4OS. The van der Waals surface area contributed by atoms with E-state index >= 15 is 0 Å². The van der Waals surface area contributed by atoms with Crippen molar-refractivity contribution in [2.75, 3.05) is 26.7 Å². The first-order valence-corrected chi connectivity index (χ1v) is 5.49. The van der Waals surface area contributed by atoms with E-state index in [0.717, 1.165) is 32.1 Å². The molecule has 1 aliphatic heterocycles. The number of H-pyrrole nitrogens is 1. The molecule has 5 nitrogen and oxygen atoms in total. The molecule has 0 radical (unpaired) electrons. The Kier molecular flexibility index (Phi) is 3.18. The molecule has 1 atom stereocenters. The van der Waals surface area contributed by atoms with Crippen molar-refractivity contribution < 1.29 is 4.74 Å². The third kappa shape index (κ3) is 2.45. The molecule has 2 heterocycles. The lowest BCUT2D eigenvalue weighted by molar-refractivity contribution is -0.0279. The number of aromatic amines is 1. The minimum atomic E-state index is 0.215. The predicted molar refractivity (Wildman–Crippen MR) is 59.4 cm³/mol. The molecule has 0 aliphatic carbocycles. The van der Waals surface area contributed by atoms with Crippen LogP contribution in [0.25, 0.3) is 0 Å². The standard InChI is InChI=1S/C9H16N4OS/c1-7-10-11-9(15)13(7)6-8-5-12(2)3-4-14-8/h8H,3-6H2,1-2H3,(H,11,15). The Bertz CT molecular complexity index is 386. The molecule has 0 aromatic carbocycles. The molecule has 15 heavy (non-hydrogen) atoms. The van der Waals surface area contributed by atoms with Crippen LogP contribution in [0.15, 0.2) is 0 Å². The summed E-state index contributed by atoms with van der Waals surface area (Å²) in [5, 5.41) is 6.86. The summed E-state index contributed by atoms with van der Waals surface area (Å²) < 4.78 is 8.34. The Labute approximate surface area is 94.0 Å². The van der Waals surface area contributed by atoms with Crippen molar-refractivity contribution in [1.29, 1.82) is 0 Å². The normalized spacial score (nSPS) is 23.2. The third-order valence-corrected chi connectivity index (χ3v) is 2.99. The van der Waals surface area contributed by atoms with Crippen molar-refractivity contribution in [2.24, 2.45) is 0 Å². The van der Waals surface area contributed by atoms with Gasteiger partial charge in [0.05, 0.1) is 19.3 Å². The van der Waals surface area contributed by atoms with Crippen LogP contribution >= 0.6 is 12.2 Å². The predicted octanol–water partition coefficient (Wildman–Crippen LogP) is 0.580. The minimum Gasteiger partial charge on any atom is -0.374 e. The number of hydrogen-bond donors (Lipinski definition) is 1. The second-order valence-corrected chi connectivity index (χ2v) is 4.33. The van der Waals surface area contributed by atoms with E-state index in [4.69, 9.17) is 17.0 Å². The average molecular weight is 228 g/mol. The number of aryl methyl sites for hydroxylation is 1. The molecule has 1 aromatic rings. The summed E-state index contributed by atoms with van der Waals surface area (Å²) in [5.41, 5.74) is 0. The third-order valence-electron chi connectivity index (χ3n) is 2.68. The minimum absolute atomic E-state index is 0.215. The van der Waals surface area contributed by atoms with Crippen LogP contribution in [0.4, 0.5) is 0 Å². The monoisotopic (exact) mass is 228 g/mol. The van der Waals surface area contributed by atoms with Gasteiger partial charge in [-0.05, 0) is 26.2 Å². The highest BCUT2D eigenvalue weighted by Gasteiger charge is 2.19. The highest BCUT2D eigenvalue weighted by molar-refractivity contribution is 7.71. The van der Waals surface area contributed by atoms with Crippen molar-refractivity contribution in [1.82, 2.24) is 19.7 Å². The largest absolute Gasteiger partial charge is 0.374 e. The summed E-state index contributed by atoms with van der Waals surface area (Å²) in [4.78, 5) is 2.27. The zero-order valence-corrected chi connectivity index (χ0v) is 9.88. The van der Waals surface area contributed by atoms with Gasteiger partial charge in [-0.3, -0.25) is 5.10 Å². The van der Waals surface area contributed by atoms with Gasteiger partial charge in [-0.2, -0.15) is 5.10 Å². The zero-order chi connectivity index (χ0) is 10.8. The molecule has 0 saturated carbocycles. The van der Waals surface area contributed by atoms with Crippen LogP contribution in [0.5, 0.6) is 0 Å². The lowest BCUT2D eigenvalue weighted by atomic mass is 10.3. The number of likely N-dealkylation sites (N-methyl/N-ethyl adjacent to an activating group) is 1. The van der Waals surface area contributed by atoms with Gasteiger partial charge in [-0.25, -0.2) is 0 Å². The Hall–Kier alpha value is -0.720. The van der Waals surface area contributed by atoms with Crippen LogP contribution in [0, 0.1) is 11.7 Å². The lowest BCUT2D eigenvalue weighted by Gasteiger charge is -2.30. The van der Waals surface area contributed by atoms with Crippen molar-refractivity contribution in [3.8, 4) is 0 Å². The molecular weight excluding hydrogens is 212 g/mol. The smallest absolute Gasteiger partial charge is 0.195 e. The first-order chi connectivity index (χ1) is 7.16. The van der Waals surface area contributed by atoms with Gasteiger partial charge in [0.15, 0.2) is 4.77 Å². The molecule has 6 heteroatoms. The van der Waals surface area contributed by atoms with E-state index in [1.54, 1.807) is 0 Å². The lowest BCUT2D eigenvalue weighted by Crippen LogP contribution is -2.42. The molecule has 1 unspecified atom stereocenters. The van der Waals surface area contributed by atoms with Crippen LogP contribution in [0.2, 0.25) is 0 Å². The molecule has 1 N–H and O–H groups in total. The zero-order valence-electron chi connectivity index (χ0n) is 9.06. The van der Waals surface area contributed by atoms with E-state index in [2.05, 4.69) is 22.1 Å². The molecule has 2 rings (SSSR count). The molecule has 0 amide bonds. The van der Waals surface area contributed by atoms with Crippen LogP contribution in [-0.2, 0) is 11.3 Å². The maximum absolute atomic E-state index is 5.68. The van der Waals surface area contributed by atoms with Gasteiger partial charge < -0.3 is 14.2 Å². The van der Waals surface area contributed by atoms with Gasteiger partial charge >= 0.3 is 0 Å². The van der Waals surface area contributed by atoms with Crippen molar-refractivity contribution in [3.05, 3.63) is 10.6 Å². The van der Waals surface area contributed by atoms with Crippen molar-refractivity contribution in [3.63, 3.8) is 0 Å². The molecule has 1 fully saturated rings. The first kappa shape index (κ1) is 10.8. The highest BCUT2D eigenvalue weighted by Crippen LogP contribution is 2.07. The van der Waals surface area contributed by atoms with E-state index in [9.17, 15) is 0 Å². The summed E-state index contributed by atoms with van der Waals surface area (Å²) in [5.74, 6) is 0.914. The summed E-state index contributed by atoms with van der Waals surface area (Å²) in [7, 11) is 2.11. The number of rotatable bonds is 2. The number of ether oxygens (including phenoxy) is 1. The molecule has 1 aromatic heterocycles. The topological polar surface area (TPSA) is 46.1 Å². The van der Waals surface area contributed by atoms with Crippen LogP contribution < -0.4 is 0 Å². The fraction of sp³-hybridized carbons (Fsp3) is 0.778. The van der Waals surface area contributed by atoms with Gasteiger partial charge in [0.1, 0.15) is 5.82 Å². The van der Waals surface area contributed by atoms with Crippen LogP contribution in [0.3, 0.4) is 0 Å². The van der Waals surface area contributed by atoms with E-state index < -0.39 is 0 Å². The Morgan fingerprint density at radius 2 is 2.47 bits per heavy atom. The molecule has 1 aliphatic rings. The summed E-state index contributed by atoms with van der Waals surface area (Å²) >= 11 is 5.15. The second-order valence-electron chi connectivity index (χ2n) is 3.94. The number of nitrogens with one attached hydrogen (secondary N) is 1. The number of hydrogen-bond acceptors (Lipinski definition) is 4.